The van der Waals surface area contributed by atoms with Gasteiger partial charge in [0.2, 0.25) is 0 Å². The molecule has 0 aliphatic rings. The maximum atomic E-state index is 5.97. The molecule has 2 aromatic carbocycles. The fourth-order valence-electron chi connectivity index (χ4n) is 2.05. The lowest BCUT2D eigenvalue weighted by Gasteiger charge is -2.05. The quantitative estimate of drug-likeness (QED) is 0.564. The molecule has 0 radical (unpaired) electrons. The average Bonchev–Trinajstić information content (AvgIpc) is 2.84. The van der Waals surface area contributed by atoms with Crippen molar-refractivity contribution in [1.29, 1.82) is 0 Å². The van der Waals surface area contributed by atoms with Gasteiger partial charge in [0, 0.05) is 19.5 Å². The summed E-state index contributed by atoms with van der Waals surface area (Å²) in [4.78, 5) is 0. The lowest BCUT2D eigenvalue weighted by atomic mass is 10.0. The van der Waals surface area contributed by atoms with Crippen LogP contribution < -0.4 is 5.73 Å². The number of hydrogen-bond acceptors (Lipinski definition) is 3. The first kappa shape index (κ1) is 14.6. The van der Waals surface area contributed by atoms with E-state index < -0.39 is 0 Å². The third-order valence-electron chi connectivity index (χ3n) is 3.02. The third-order valence-corrected chi connectivity index (χ3v) is 4.46. The fraction of sp³-hybridized carbons (Fsp3) is 0. The molecule has 106 valence electrons. The van der Waals surface area contributed by atoms with Gasteiger partial charge in [0.15, 0.2) is 11.6 Å². The minimum Gasteiger partial charge on any atom is -0.380 e. The normalized spacial score (nSPS) is 10.8. The van der Waals surface area contributed by atoms with Crippen LogP contribution in [0.3, 0.4) is 0 Å². The van der Waals surface area contributed by atoms with E-state index >= 15 is 0 Å². The number of rotatable bonds is 2. The molecule has 3 nitrogen and oxygen atoms in total. The van der Waals surface area contributed by atoms with Crippen LogP contribution in [0.5, 0.6) is 0 Å². The summed E-state index contributed by atoms with van der Waals surface area (Å²) in [5.41, 5.74) is 8.50. The van der Waals surface area contributed by atoms with Crippen LogP contribution in [0.1, 0.15) is 0 Å². The van der Waals surface area contributed by atoms with Gasteiger partial charge in [-0.15, -0.1) is 0 Å². The van der Waals surface area contributed by atoms with Crippen LogP contribution in [0.15, 0.2) is 55.9 Å². The van der Waals surface area contributed by atoms with Gasteiger partial charge in [-0.1, -0.05) is 60.8 Å². The second-order valence-corrected chi connectivity index (χ2v) is 6.61. The molecule has 3 aromatic rings. The van der Waals surface area contributed by atoms with Crippen molar-refractivity contribution in [3.63, 3.8) is 0 Å². The fourth-order valence-corrected chi connectivity index (χ4v) is 2.97. The average molecular weight is 429 g/mol. The molecule has 0 aliphatic heterocycles. The Morgan fingerprint density at radius 3 is 2.48 bits per heavy atom. The van der Waals surface area contributed by atoms with Crippen molar-refractivity contribution in [2.75, 3.05) is 5.73 Å². The lowest BCUT2D eigenvalue weighted by molar-refractivity contribution is 0.436. The SMILES string of the molecule is Nc1noc(-c2cc(Br)ccc2Br)c1-c1ccc(Cl)cc1. The van der Waals surface area contributed by atoms with E-state index in [1.165, 1.54) is 0 Å². The minimum atomic E-state index is 0.346. The van der Waals surface area contributed by atoms with Crippen molar-refractivity contribution in [3.05, 3.63) is 56.4 Å². The van der Waals surface area contributed by atoms with E-state index in [9.17, 15) is 0 Å². The number of anilines is 1. The number of nitrogens with zero attached hydrogens (tertiary/aromatic N) is 1. The Hall–Kier alpha value is -1.30. The van der Waals surface area contributed by atoms with Gasteiger partial charge in [-0.05, 0) is 35.9 Å². The van der Waals surface area contributed by atoms with Gasteiger partial charge in [-0.3, -0.25) is 0 Å². The van der Waals surface area contributed by atoms with Crippen molar-refractivity contribution in [2.24, 2.45) is 0 Å². The molecule has 0 saturated heterocycles. The Kier molecular flexibility index (Phi) is 4.06. The number of benzene rings is 2. The van der Waals surface area contributed by atoms with E-state index in [1.54, 1.807) is 0 Å². The summed E-state index contributed by atoms with van der Waals surface area (Å²) in [5.74, 6) is 0.960. The predicted octanol–water partition coefficient (Wildman–Crippen LogP) is 5.77. The molecule has 0 atom stereocenters. The van der Waals surface area contributed by atoms with Crippen molar-refractivity contribution in [2.45, 2.75) is 0 Å². The Morgan fingerprint density at radius 1 is 1.05 bits per heavy atom. The molecular formula is C15H9Br2ClN2O. The second kappa shape index (κ2) is 5.83. The summed E-state index contributed by atoms with van der Waals surface area (Å²) in [6, 6.07) is 13.2. The van der Waals surface area contributed by atoms with E-state index in [-0.39, 0.29) is 0 Å². The Morgan fingerprint density at radius 2 is 1.76 bits per heavy atom. The molecule has 0 aliphatic carbocycles. The highest BCUT2D eigenvalue weighted by molar-refractivity contribution is 9.11. The van der Waals surface area contributed by atoms with Gasteiger partial charge < -0.3 is 10.3 Å². The monoisotopic (exact) mass is 426 g/mol. The highest BCUT2D eigenvalue weighted by atomic mass is 79.9. The van der Waals surface area contributed by atoms with Crippen LogP contribution in [0.25, 0.3) is 22.5 Å². The summed E-state index contributed by atoms with van der Waals surface area (Å²) in [5, 5.41) is 4.56. The summed E-state index contributed by atoms with van der Waals surface area (Å²) in [6.07, 6.45) is 0. The molecular weight excluding hydrogens is 419 g/mol. The van der Waals surface area contributed by atoms with Crippen LogP contribution in [0.4, 0.5) is 5.82 Å². The van der Waals surface area contributed by atoms with Crippen molar-refractivity contribution >= 4 is 49.3 Å². The molecule has 0 fully saturated rings. The zero-order valence-electron chi connectivity index (χ0n) is 10.6. The number of aromatic nitrogens is 1. The summed E-state index contributed by atoms with van der Waals surface area (Å²) < 4.78 is 7.29. The number of nitrogens with two attached hydrogens (primary N) is 1. The van der Waals surface area contributed by atoms with Gasteiger partial charge in [-0.2, -0.15) is 0 Å². The van der Waals surface area contributed by atoms with Gasteiger partial charge in [0.25, 0.3) is 0 Å². The minimum absolute atomic E-state index is 0.346. The Bertz CT molecular complexity index is 800. The van der Waals surface area contributed by atoms with E-state index in [2.05, 4.69) is 37.0 Å². The first-order chi connectivity index (χ1) is 10.1. The van der Waals surface area contributed by atoms with Gasteiger partial charge in [0.05, 0.1) is 5.56 Å². The summed E-state index contributed by atoms with van der Waals surface area (Å²) in [6.45, 7) is 0. The van der Waals surface area contributed by atoms with Crippen LogP contribution in [-0.4, -0.2) is 5.16 Å². The van der Waals surface area contributed by atoms with E-state index in [0.717, 1.165) is 25.6 Å². The predicted molar refractivity (Wildman–Crippen MR) is 92.2 cm³/mol. The molecule has 2 N–H and O–H groups in total. The van der Waals surface area contributed by atoms with Crippen LogP contribution in [0, 0.1) is 0 Å². The molecule has 0 bridgehead atoms. The van der Waals surface area contributed by atoms with Crippen LogP contribution >= 0.6 is 43.5 Å². The molecule has 6 heteroatoms. The number of halogens is 3. The first-order valence-corrected chi connectivity index (χ1v) is 7.99. The van der Waals surface area contributed by atoms with Gasteiger partial charge in [0.1, 0.15) is 0 Å². The third kappa shape index (κ3) is 2.86. The Balaban J connectivity index is 2.21. The Labute approximate surface area is 143 Å². The molecule has 21 heavy (non-hydrogen) atoms. The van der Waals surface area contributed by atoms with Crippen LogP contribution in [0.2, 0.25) is 5.02 Å². The zero-order chi connectivity index (χ0) is 15.0. The molecule has 0 spiro atoms. The van der Waals surface area contributed by atoms with E-state index in [4.69, 9.17) is 21.9 Å². The summed E-state index contributed by atoms with van der Waals surface area (Å²) in [7, 11) is 0. The zero-order valence-corrected chi connectivity index (χ0v) is 14.5. The maximum Gasteiger partial charge on any atom is 0.178 e. The standard InChI is InChI=1S/C15H9Br2ClN2O/c16-9-3-6-12(17)11(7-9)14-13(15(19)20-21-14)8-1-4-10(18)5-2-8/h1-7H,(H2,19,20). The molecule has 0 unspecified atom stereocenters. The first-order valence-electron chi connectivity index (χ1n) is 6.03. The molecule has 0 amide bonds. The van der Waals surface area contributed by atoms with Gasteiger partial charge >= 0.3 is 0 Å². The smallest absolute Gasteiger partial charge is 0.178 e. The topological polar surface area (TPSA) is 52.0 Å². The summed E-state index contributed by atoms with van der Waals surface area (Å²) >= 11 is 12.9. The van der Waals surface area contributed by atoms with Crippen molar-refractivity contribution in [1.82, 2.24) is 5.16 Å². The molecule has 0 saturated carbocycles. The van der Waals surface area contributed by atoms with E-state index in [0.29, 0.717) is 16.6 Å². The number of hydrogen-bond donors (Lipinski definition) is 1. The number of nitrogen functional groups attached to an aromatic ring is 1. The molecule has 1 aromatic heterocycles. The molecule has 1 heterocycles. The van der Waals surface area contributed by atoms with Gasteiger partial charge in [-0.25, -0.2) is 0 Å². The highest BCUT2D eigenvalue weighted by Crippen LogP contribution is 2.40. The van der Waals surface area contributed by atoms with Crippen molar-refractivity contribution in [3.8, 4) is 22.5 Å². The van der Waals surface area contributed by atoms with Crippen molar-refractivity contribution < 1.29 is 4.52 Å². The van der Waals surface area contributed by atoms with E-state index in [1.807, 2.05) is 42.5 Å². The largest absolute Gasteiger partial charge is 0.380 e. The molecule has 3 rings (SSSR count). The van der Waals surface area contributed by atoms with Crippen LogP contribution in [-0.2, 0) is 0 Å². The second-order valence-electron chi connectivity index (χ2n) is 4.40. The maximum absolute atomic E-state index is 5.97. The lowest BCUT2D eigenvalue weighted by Crippen LogP contribution is -1.89. The highest BCUT2D eigenvalue weighted by Gasteiger charge is 2.19.